The molecule has 154 valence electrons. The maximum Gasteiger partial charge on any atom is 0.261 e. The van der Waals surface area contributed by atoms with Crippen molar-refractivity contribution in [2.45, 2.75) is 64.0 Å². The average Bonchev–Trinajstić information content (AvgIpc) is 2.75. The molecule has 3 aromatic rings. The number of hydrogen-bond donors (Lipinski definition) is 1. The van der Waals surface area contributed by atoms with Crippen LogP contribution in [0.1, 0.15) is 71.9 Å². The second-order valence-electron chi connectivity index (χ2n) is 8.50. The summed E-state index contributed by atoms with van der Waals surface area (Å²) in [7, 11) is 0. The molecule has 0 bridgehead atoms. The standard InChI is InChI=1S/C25H27N3O2/c29-24(27-21-11-7-9-17-8-4-5-10-19(17)21)18-13-14-20-22(16-18)26-23-12-3-1-2-6-15-28(23)25(20)30/h4-5,8,10,13-14,16,21H,1-3,6-7,9,11-12,15H2,(H,27,29)/t21-/m0/s1. The van der Waals surface area contributed by atoms with E-state index in [9.17, 15) is 9.59 Å². The van der Waals surface area contributed by atoms with Gasteiger partial charge in [0.15, 0.2) is 0 Å². The van der Waals surface area contributed by atoms with Gasteiger partial charge in [-0.05, 0) is 61.4 Å². The van der Waals surface area contributed by atoms with Crippen molar-refractivity contribution in [1.82, 2.24) is 14.9 Å². The van der Waals surface area contributed by atoms with E-state index in [1.165, 1.54) is 17.5 Å². The highest BCUT2D eigenvalue weighted by atomic mass is 16.1. The Morgan fingerprint density at radius 1 is 1.00 bits per heavy atom. The number of carbonyl (C=O) groups excluding carboxylic acids is 1. The Balaban J connectivity index is 1.46. The average molecular weight is 402 g/mol. The van der Waals surface area contributed by atoms with Crippen molar-refractivity contribution in [3.63, 3.8) is 0 Å². The Morgan fingerprint density at radius 2 is 1.87 bits per heavy atom. The molecule has 0 unspecified atom stereocenters. The maximum absolute atomic E-state index is 13.0. The number of fused-ring (bicyclic) bond motifs is 3. The van der Waals surface area contributed by atoms with Crippen molar-refractivity contribution in [2.75, 3.05) is 0 Å². The van der Waals surface area contributed by atoms with E-state index in [-0.39, 0.29) is 17.5 Å². The number of amides is 1. The molecule has 30 heavy (non-hydrogen) atoms. The lowest BCUT2D eigenvalue weighted by Crippen LogP contribution is -2.31. The van der Waals surface area contributed by atoms with Crippen LogP contribution in [0.3, 0.4) is 0 Å². The Kier molecular flexibility index (Phi) is 5.11. The van der Waals surface area contributed by atoms with Crippen molar-refractivity contribution in [3.8, 4) is 0 Å². The molecular formula is C25H27N3O2. The van der Waals surface area contributed by atoms with Crippen LogP contribution < -0.4 is 10.9 Å². The smallest absolute Gasteiger partial charge is 0.261 e. The van der Waals surface area contributed by atoms with Gasteiger partial charge in [0.2, 0.25) is 0 Å². The van der Waals surface area contributed by atoms with Gasteiger partial charge in [0.25, 0.3) is 11.5 Å². The van der Waals surface area contributed by atoms with Crippen LogP contribution in [0.5, 0.6) is 0 Å². The van der Waals surface area contributed by atoms with E-state index in [1.807, 2.05) is 10.6 Å². The van der Waals surface area contributed by atoms with Gasteiger partial charge in [-0.1, -0.05) is 37.1 Å². The summed E-state index contributed by atoms with van der Waals surface area (Å²) in [6, 6.07) is 13.7. The van der Waals surface area contributed by atoms with Crippen molar-refractivity contribution < 1.29 is 4.79 Å². The summed E-state index contributed by atoms with van der Waals surface area (Å²) in [6.07, 6.45) is 8.32. The van der Waals surface area contributed by atoms with Crippen molar-refractivity contribution in [3.05, 3.63) is 75.3 Å². The number of benzene rings is 2. The molecule has 2 heterocycles. The molecule has 1 aromatic heterocycles. The summed E-state index contributed by atoms with van der Waals surface area (Å²) >= 11 is 0. The summed E-state index contributed by atoms with van der Waals surface area (Å²) in [5.74, 6) is 0.748. The Bertz CT molecular complexity index is 1160. The highest BCUT2D eigenvalue weighted by molar-refractivity contribution is 5.97. The maximum atomic E-state index is 13.0. The zero-order valence-electron chi connectivity index (χ0n) is 17.2. The van der Waals surface area contributed by atoms with Crippen LogP contribution in [0, 0.1) is 0 Å². The fourth-order valence-corrected chi connectivity index (χ4v) is 4.88. The first-order valence-electron chi connectivity index (χ1n) is 11.1. The fraction of sp³-hybridized carbons (Fsp3) is 0.400. The summed E-state index contributed by atoms with van der Waals surface area (Å²) in [6.45, 7) is 0.737. The highest BCUT2D eigenvalue weighted by Gasteiger charge is 2.22. The van der Waals surface area contributed by atoms with Crippen LogP contribution >= 0.6 is 0 Å². The summed E-state index contributed by atoms with van der Waals surface area (Å²) in [4.78, 5) is 30.8. The van der Waals surface area contributed by atoms with Crippen molar-refractivity contribution in [1.29, 1.82) is 0 Å². The van der Waals surface area contributed by atoms with Crippen LogP contribution in [0.4, 0.5) is 0 Å². The third-order valence-electron chi connectivity index (χ3n) is 6.50. The summed E-state index contributed by atoms with van der Waals surface area (Å²) in [5, 5.41) is 3.80. The summed E-state index contributed by atoms with van der Waals surface area (Å²) < 4.78 is 1.83. The Labute approximate surface area is 176 Å². The number of nitrogens with zero attached hydrogens (tertiary/aromatic N) is 2. The lowest BCUT2D eigenvalue weighted by atomic mass is 9.87. The van der Waals surface area contributed by atoms with E-state index in [0.29, 0.717) is 16.5 Å². The molecule has 0 fully saturated rings. The van der Waals surface area contributed by atoms with E-state index >= 15 is 0 Å². The quantitative estimate of drug-likeness (QED) is 0.696. The number of rotatable bonds is 2. The highest BCUT2D eigenvalue weighted by Crippen LogP contribution is 2.29. The number of aromatic nitrogens is 2. The summed E-state index contributed by atoms with van der Waals surface area (Å²) in [5.41, 5.74) is 3.75. The van der Waals surface area contributed by atoms with Gasteiger partial charge in [0.05, 0.1) is 16.9 Å². The lowest BCUT2D eigenvalue weighted by molar-refractivity contribution is 0.0933. The molecule has 1 atom stereocenters. The molecule has 5 rings (SSSR count). The molecule has 5 nitrogen and oxygen atoms in total. The minimum absolute atomic E-state index is 0.0186. The molecule has 0 saturated carbocycles. The number of aryl methyl sites for hydroxylation is 2. The predicted octanol–water partition coefficient (Wildman–Crippen LogP) is 4.32. The van der Waals surface area contributed by atoms with Gasteiger partial charge in [0.1, 0.15) is 5.82 Å². The molecule has 1 aliphatic carbocycles. The largest absolute Gasteiger partial charge is 0.345 e. The first-order chi connectivity index (χ1) is 14.7. The SMILES string of the molecule is O=C(N[C@H]1CCCc2ccccc21)c1ccc2c(=O)n3c(nc2c1)CCCCCC3. The van der Waals surface area contributed by atoms with Gasteiger partial charge in [-0.15, -0.1) is 0 Å². The minimum Gasteiger partial charge on any atom is -0.345 e. The van der Waals surface area contributed by atoms with E-state index in [0.717, 1.165) is 57.3 Å². The Morgan fingerprint density at radius 3 is 2.80 bits per heavy atom. The van der Waals surface area contributed by atoms with Gasteiger partial charge in [-0.25, -0.2) is 4.98 Å². The normalized spacial score (nSPS) is 18.7. The number of carbonyl (C=O) groups is 1. The molecule has 0 spiro atoms. The zero-order valence-corrected chi connectivity index (χ0v) is 17.2. The van der Waals surface area contributed by atoms with Crippen LogP contribution in [0.25, 0.3) is 10.9 Å². The van der Waals surface area contributed by atoms with Gasteiger partial charge in [0, 0.05) is 18.5 Å². The first kappa shape index (κ1) is 19.0. The second-order valence-corrected chi connectivity index (χ2v) is 8.50. The minimum atomic E-state index is -0.104. The molecule has 0 radical (unpaired) electrons. The molecule has 1 aliphatic heterocycles. The van der Waals surface area contributed by atoms with Crippen LogP contribution in [-0.4, -0.2) is 15.5 Å². The van der Waals surface area contributed by atoms with Crippen LogP contribution in [-0.2, 0) is 19.4 Å². The van der Waals surface area contributed by atoms with Gasteiger partial charge in [-0.3, -0.25) is 14.2 Å². The predicted molar refractivity (Wildman–Crippen MR) is 118 cm³/mol. The lowest BCUT2D eigenvalue weighted by Gasteiger charge is -2.26. The van der Waals surface area contributed by atoms with Crippen molar-refractivity contribution >= 4 is 16.8 Å². The Hall–Kier alpha value is -2.95. The van der Waals surface area contributed by atoms with Gasteiger partial charge < -0.3 is 5.32 Å². The number of hydrogen-bond acceptors (Lipinski definition) is 3. The molecule has 1 N–H and O–H groups in total. The van der Waals surface area contributed by atoms with E-state index in [4.69, 9.17) is 4.98 Å². The third-order valence-corrected chi connectivity index (χ3v) is 6.50. The molecule has 1 amide bonds. The van der Waals surface area contributed by atoms with Gasteiger partial charge in [-0.2, -0.15) is 0 Å². The van der Waals surface area contributed by atoms with E-state index in [1.54, 1.807) is 18.2 Å². The van der Waals surface area contributed by atoms with Gasteiger partial charge >= 0.3 is 0 Å². The molecule has 5 heteroatoms. The number of nitrogens with one attached hydrogen (secondary N) is 1. The molecule has 2 aromatic carbocycles. The molecule has 0 saturated heterocycles. The fourth-order valence-electron chi connectivity index (χ4n) is 4.88. The molecular weight excluding hydrogens is 374 g/mol. The van der Waals surface area contributed by atoms with Crippen LogP contribution in [0.15, 0.2) is 47.3 Å². The topological polar surface area (TPSA) is 64.0 Å². The van der Waals surface area contributed by atoms with Crippen molar-refractivity contribution in [2.24, 2.45) is 0 Å². The third kappa shape index (κ3) is 3.53. The first-order valence-corrected chi connectivity index (χ1v) is 11.1. The zero-order chi connectivity index (χ0) is 20.5. The second kappa shape index (κ2) is 8.05. The van der Waals surface area contributed by atoms with E-state index in [2.05, 4.69) is 23.5 Å². The monoisotopic (exact) mass is 401 g/mol. The van der Waals surface area contributed by atoms with Crippen LogP contribution in [0.2, 0.25) is 0 Å². The van der Waals surface area contributed by atoms with E-state index < -0.39 is 0 Å². The molecule has 2 aliphatic rings.